The third-order valence-electron chi connectivity index (χ3n) is 10.9. The summed E-state index contributed by atoms with van der Waals surface area (Å²) >= 11 is 0. The van der Waals surface area contributed by atoms with E-state index in [0.717, 1.165) is 42.4 Å². The molecule has 0 saturated heterocycles. The average Bonchev–Trinajstić information content (AvgIpc) is 2.97. The number of hydrogen-bond donors (Lipinski definition) is 1. The second kappa shape index (κ2) is 6.98. The smallest absolute Gasteiger partial charge is 0.0580 e. The highest BCUT2D eigenvalue weighted by Gasteiger charge is 2.75. The van der Waals surface area contributed by atoms with E-state index in [1.165, 1.54) is 44.9 Å². The van der Waals surface area contributed by atoms with Gasteiger partial charge in [0.05, 0.1) is 6.10 Å². The van der Waals surface area contributed by atoms with Gasteiger partial charge in [-0.15, -0.1) is 0 Å². The van der Waals surface area contributed by atoms with Crippen LogP contribution >= 0.6 is 0 Å². The predicted octanol–water partition coefficient (Wildman–Crippen LogP) is 7.16. The van der Waals surface area contributed by atoms with Crippen LogP contribution in [0.5, 0.6) is 0 Å². The normalized spacial score (nSPS) is 48.2. The minimum absolute atomic E-state index is 0.0513. The molecule has 3 fully saturated rings. The first-order valence-corrected chi connectivity index (χ1v) is 12.9. The van der Waals surface area contributed by atoms with Crippen LogP contribution in [0.1, 0.15) is 92.4 Å². The van der Waals surface area contributed by atoms with E-state index in [9.17, 15) is 5.11 Å². The number of rotatable bonds is 4. The zero-order chi connectivity index (χ0) is 20.6. The van der Waals surface area contributed by atoms with E-state index in [-0.39, 0.29) is 6.10 Å². The van der Waals surface area contributed by atoms with Gasteiger partial charge < -0.3 is 5.11 Å². The van der Waals surface area contributed by atoms with Crippen molar-refractivity contribution in [2.24, 2.45) is 52.3 Å². The first-order chi connectivity index (χ1) is 13.8. The summed E-state index contributed by atoms with van der Waals surface area (Å²) in [7, 11) is 0. The van der Waals surface area contributed by atoms with Gasteiger partial charge in [0.25, 0.3) is 0 Å². The van der Waals surface area contributed by atoms with Gasteiger partial charge >= 0.3 is 0 Å². The van der Waals surface area contributed by atoms with Crippen LogP contribution in [0.3, 0.4) is 0 Å². The van der Waals surface area contributed by atoms with Gasteiger partial charge in [0.15, 0.2) is 0 Å². The highest BCUT2D eigenvalue weighted by molar-refractivity contribution is 5.42. The summed E-state index contributed by atoms with van der Waals surface area (Å²) in [6.07, 6.45) is 17.0. The molecule has 0 aromatic rings. The first kappa shape index (κ1) is 20.3. The van der Waals surface area contributed by atoms with E-state index in [0.29, 0.717) is 22.7 Å². The third-order valence-corrected chi connectivity index (χ3v) is 10.9. The number of aliphatic hydroxyl groups is 1. The molecular formula is C28H44O. The van der Waals surface area contributed by atoms with Crippen LogP contribution in [0, 0.1) is 52.3 Å². The van der Waals surface area contributed by atoms with Gasteiger partial charge in [-0.2, -0.15) is 0 Å². The summed E-state index contributed by atoms with van der Waals surface area (Å²) in [5.74, 6) is 5.76. The molecule has 162 valence electrons. The molecule has 1 N–H and O–H groups in total. The van der Waals surface area contributed by atoms with Gasteiger partial charge in [-0.25, -0.2) is 0 Å². The van der Waals surface area contributed by atoms with Gasteiger partial charge in [0.1, 0.15) is 0 Å². The predicted molar refractivity (Wildman–Crippen MR) is 121 cm³/mol. The number of hydrogen-bond acceptors (Lipinski definition) is 1. The minimum atomic E-state index is -0.0513. The maximum atomic E-state index is 10.3. The summed E-state index contributed by atoms with van der Waals surface area (Å²) in [6.45, 7) is 12.3. The Kier molecular flexibility index (Phi) is 4.89. The maximum Gasteiger partial charge on any atom is 0.0580 e. The van der Waals surface area contributed by atoms with Crippen LogP contribution in [0.4, 0.5) is 0 Å². The van der Waals surface area contributed by atoms with E-state index in [1.807, 2.05) is 0 Å². The molecule has 1 nitrogen and oxygen atoms in total. The minimum Gasteiger partial charge on any atom is -0.393 e. The third kappa shape index (κ3) is 2.89. The van der Waals surface area contributed by atoms with Gasteiger partial charge in [-0.05, 0) is 104 Å². The maximum absolute atomic E-state index is 10.3. The number of allylic oxidation sites excluding steroid dienone is 3. The molecule has 0 aromatic carbocycles. The lowest BCUT2D eigenvalue weighted by Crippen LogP contribution is -2.41. The number of fused-ring (bicyclic) bond motifs is 6. The summed E-state index contributed by atoms with van der Waals surface area (Å²) in [5, 5.41) is 10.3. The quantitative estimate of drug-likeness (QED) is 0.500. The van der Waals surface area contributed by atoms with Crippen LogP contribution in [0.25, 0.3) is 0 Å². The summed E-state index contributed by atoms with van der Waals surface area (Å²) < 4.78 is 0. The fraction of sp³-hybridized carbons (Fsp3) is 0.857. The van der Waals surface area contributed by atoms with Crippen LogP contribution in [-0.4, -0.2) is 11.2 Å². The lowest BCUT2D eigenvalue weighted by atomic mass is 9.56. The van der Waals surface area contributed by atoms with Crippen molar-refractivity contribution in [2.45, 2.75) is 98.5 Å². The summed E-state index contributed by atoms with van der Waals surface area (Å²) in [4.78, 5) is 0. The Balaban J connectivity index is 1.36. The molecule has 0 aliphatic heterocycles. The van der Waals surface area contributed by atoms with Crippen molar-refractivity contribution in [3.05, 3.63) is 23.3 Å². The Morgan fingerprint density at radius 3 is 2.55 bits per heavy atom. The summed E-state index contributed by atoms with van der Waals surface area (Å²) in [5.41, 5.74) is 4.70. The molecule has 5 aliphatic rings. The van der Waals surface area contributed by atoms with Crippen LogP contribution in [0.15, 0.2) is 23.3 Å². The largest absolute Gasteiger partial charge is 0.393 e. The molecule has 5 aliphatic carbocycles. The Morgan fingerprint density at radius 1 is 1.00 bits per heavy atom. The van der Waals surface area contributed by atoms with Crippen molar-refractivity contribution in [3.63, 3.8) is 0 Å². The first-order valence-electron chi connectivity index (χ1n) is 12.9. The molecule has 1 heteroatoms. The van der Waals surface area contributed by atoms with Gasteiger partial charge in [-0.3, -0.25) is 0 Å². The van der Waals surface area contributed by atoms with Gasteiger partial charge in [0.2, 0.25) is 0 Å². The molecule has 0 aromatic heterocycles. The molecule has 0 unspecified atom stereocenters. The van der Waals surface area contributed by atoms with Crippen molar-refractivity contribution in [3.8, 4) is 0 Å². The highest BCUT2D eigenvalue weighted by atomic mass is 16.3. The number of aliphatic hydroxyl groups excluding tert-OH is 1. The topological polar surface area (TPSA) is 20.2 Å². The van der Waals surface area contributed by atoms with Crippen molar-refractivity contribution < 1.29 is 5.11 Å². The van der Waals surface area contributed by atoms with Crippen LogP contribution in [-0.2, 0) is 0 Å². The van der Waals surface area contributed by atoms with Gasteiger partial charge in [-0.1, -0.05) is 64.3 Å². The van der Waals surface area contributed by atoms with Crippen molar-refractivity contribution in [1.29, 1.82) is 0 Å². The van der Waals surface area contributed by atoms with E-state index >= 15 is 0 Å². The van der Waals surface area contributed by atoms with E-state index < -0.39 is 0 Å². The van der Waals surface area contributed by atoms with Crippen molar-refractivity contribution in [1.82, 2.24) is 0 Å². The molecule has 9 atom stereocenters. The SMILES string of the molecule is CC(C)[C@@H](C)/C=C/[C@@H](C)[C@H]1CC[C@@H]2[C@]1(C)CCC[C@]21[C@@H]2C3=C(CC[C@H](O)C3)C[C@@H]21. The Bertz CT molecular complexity index is 716. The fourth-order valence-corrected chi connectivity index (χ4v) is 9.11. The zero-order valence-electron chi connectivity index (χ0n) is 19.6. The molecule has 0 radical (unpaired) electrons. The molecule has 0 bridgehead atoms. The molecular weight excluding hydrogens is 352 g/mol. The molecule has 1 spiro atoms. The van der Waals surface area contributed by atoms with E-state index in [1.54, 1.807) is 11.1 Å². The molecule has 0 amide bonds. The highest BCUT2D eigenvalue weighted by Crippen LogP contribution is 2.82. The molecule has 29 heavy (non-hydrogen) atoms. The van der Waals surface area contributed by atoms with Crippen molar-refractivity contribution >= 4 is 0 Å². The molecule has 5 rings (SSSR count). The molecule has 0 heterocycles. The fourth-order valence-electron chi connectivity index (χ4n) is 9.11. The Labute approximate surface area is 179 Å². The lowest BCUT2D eigenvalue weighted by Gasteiger charge is -2.49. The second-order valence-corrected chi connectivity index (χ2v) is 12.4. The van der Waals surface area contributed by atoms with Crippen LogP contribution < -0.4 is 0 Å². The zero-order valence-corrected chi connectivity index (χ0v) is 19.6. The second-order valence-electron chi connectivity index (χ2n) is 12.4. The standard InChI is InChI=1S/C28H44O/c1-17(2)18(3)7-8-19(4)23-11-12-25-27(23,5)13-6-14-28(25)24-15-20-9-10-21(29)16-22(20)26(24)28/h7-8,17-19,21,23-26,29H,6,9-16H2,1-5H3/b8-7+/t18-,19+,21-,23+,24-,25+,26+,27+,28+/m0/s1. The van der Waals surface area contributed by atoms with Crippen molar-refractivity contribution in [2.75, 3.05) is 0 Å². The van der Waals surface area contributed by atoms with E-state index in [4.69, 9.17) is 0 Å². The van der Waals surface area contributed by atoms with Gasteiger partial charge in [0, 0.05) is 0 Å². The van der Waals surface area contributed by atoms with E-state index in [2.05, 4.69) is 46.8 Å². The Morgan fingerprint density at radius 2 is 1.79 bits per heavy atom. The average molecular weight is 397 g/mol. The monoisotopic (exact) mass is 396 g/mol. The lowest BCUT2D eigenvalue weighted by molar-refractivity contribution is 0.0117. The van der Waals surface area contributed by atoms with Crippen LogP contribution in [0.2, 0.25) is 0 Å². The molecule has 3 saturated carbocycles. The summed E-state index contributed by atoms with van der Waals surface area (Å²) in [6, 6.07) is 0. The Hall–Kier alpha value is -0.560.